The van der Waals surface area contributed by atoms with E-state index in [4.69, 9.17) is 0 Å². The Morgan fingerprint density at radius 3 is 2.71 bits per heavy atom. The van der Waals surface area contributed by atoms with Gasteiger partial charge in [-0.2, -0.15) is 0 Å². The molecule has 2 amide bonds. The van der Waals surface area contributed by atoms with E-state index < -0.39 is 6.10 Å². The highest BCUT2D eigenvalue weighted by atomic mass is 32.2. The summed E-state index contributed by atoms with van der Waals surface area (Å²) in [5.74, 6) is 0.878. The van der Waals surface area contributed by atoms with Crippen LogP contribution in [0.1, 0.15) is 20.3 Å². The molecule has 0 aromatic rings. The number of carbonyl (C=O) groups is 2. The summed E-state index contributed by atoms with van der Waals surface area (Å²) >= 11 is 1.14. The van der Waals surface area contributed by atoms with Gasteiger partial charge in [-0.25, -0.2) is 0 Å². The van der Waals surface area contributed by atoms with E-state index in [0.717, 1.165) is 23.2 Å². The second-order valence-corrected chi connectivity index (χ2v) is 5.62. The maximum atomic E-state index is 11.5. The Labute approximate surface area is 106 Å². The van der Waals surface area contributed by atoms with Gasteiger partial charge in [0.2, 0.25) is 5.91 Å². The maximum Gasteiger partial charge on any atom is 0.288 e. The quantitative estimate of drug-likeness (QED) is 0.735. The van der Waals surface area contributed by atoms with Crippen LogP contribution in [-0.2, 0) is 4.79 Å². The van der Waals surface area contributed by atoms with Crippen molar-refractivity contribution in [3.05, 3.63) is 0 Å². The normalized spacial score (nSPS) is 18.9. The number of amides is 2. The van der Waals surface area contributed by atoms with Crippen LogP contribution in [0.15, 0.2) is 0 Å². The summed E-state index contributed by atoms with van der Waals surface area (Å²) in [5.41, 5.74) is 0. The molecule has 0 aromatic carbocycles. The molecule has 1 atom stereocenters. The lowest BCUT2D eigenvalue weighted by atomic mass is 10.2. The first-order valence-corrected chi connectivity index (χ1v) is 6.85. The van der Waals surface area contributed by atoms with Crippen molar-refractivity contribution in [3.63, 3.8) is 0 Å². The van der Waals surface area contributed by atoms with Crippen molar-refractivity contribution in [1.82, 2.24) is 10.2 Å². The number of hydrogen-bond acceptors (Lipinski definition) is 5. The molecule has 0 spiro atoms. The van der Waals surface area contributed by atoms with Crippen LogP contribution >= 0.6 is 11.8 Å². The minimum Gasteiger partial charge on any atom is -0.390 e. The van der Waals surface area contributed by atoms with E-state index >= 15 is 0 Å². The molecule has 17 heavy (non-hydrogen) atoms. The molecule has 0 radical (unpaired) electrons. The van der Waals surface area contributed by atoms with Crippen molar-refractivity contribution in [2.24, 2.45) is 5.92 Å². The Balaban J connectivity index is 2.31. The summed E-state index contributed by atoms with van der Waals surface area (Å²) in [5, 5.41) is 12.6. The van der Waals surface area contributed by atoms with Gasteiger partial charge in [-0.05, 0) is 12.5 Å². The Bertz CT molecular complexity index is 268. The molecular formula is C11H20N2O3S. The fraction of sp³-hybridized carbons (Fsp3) is 0.818. The zero-order chi connectivity index (χ0) is 12.8. The van der Waals surface area contributed by atoms with Gasteiger partial charge in [0.25, 0.3) is 5.24 Å². The van der Waals surface area contributed by atoms with Crippen molar-refractivity contribution in [3.8, 4) is 0 Å². The smallest absolute Gasteiger partial charge is 0.288 e. The van der Waals surface area contributed by atoms with E-state index in [1.54, 1.807) is 0 Å². The van der Waals surface area contributed by atoms with E-state index in [2.05, 4.69) is 19.2 Å². The van der Waals surface area contributed by atoms with E-state index in [-0.39, 0.29) is 17.7 Å². The van der Waals surface area contributed by atoms with Gasteiger partial charge in [-0.15, -0.1) is 0 Å². The molecule has 1 unspecified atom stereocenters. The maximum absolute atomic E-state index is 11.5. The minimum atomic E-state index is -0.694. The highest BCUT2D eigenvalue weighted by Crippen LogP contribution is 2.18. The molecule has 0 aliphatic carbocycles. The molecule has 6 heteroatoms. The first kappa shape index (κ1) is 14.5. The Morgan fingerprint density at radius 2 is 2.12 bits per heavy atom. The number of nitrogens with one attached hydrogen (secondary N) is 1. The van der Waals surface area contributed by atoms with Crippen molar-refractivity contribution >= 4 is 22.9 Å². The zero-order valence-corrected chi connectivity index (χ0v) is 11.1. The number of β-amino-alcohol motifs (C(OH)–C–C–N with tert-alkyl or cyclic N) is 1. The number of hydrogen-bond donors (Lipinski definition) is 2. The summed E-state index contributed by atoms with van der Waals surface area (Å²) in [4.78, 5) is 24.1. The third kappa shape index (κ3) is 5.06. The molecule has 1 aliphatic rings. The van der Waals surface area contributed by atoms with Crippen LogP contribution < -0.4 is 5.32 Å². The molecule has 1 fully saturated rings. The molecule has 1 heterocycles. The first-order chi connectivity index (χ1) is 8.00. The number of aliphatic hydroxyl groups excluding tert-OH is 1. The van der Waals surface area contributed by atoms with Crippen LogP contribution in [0.3, 0.4) is 0 Å². The number of rotatable bonds is 6. The van der Waals surface area contributed by atoms with Gasteiger partial charge in [0.15, 0.2) is 0 Å². The summed E-state index contributed by atoms with van der Waals surface area (Å²) < 4.78 is 0. The van der Waals surface area contributed by atoms with Crippen molar-refractivity contribution in [1.29, 1.82) is 0 Å². The monoisotopic (exact) mass is 260 g/mol. The molecule has 1 rings (SSSR count). The molecule has 5 nitrogen and oxygen atoms in total. The van der Waals surface area contributed by atoms with Crippen molar-refractivity contribution < 1.29 is 14.7 Å². The zero-order valence-electron chi connectivity index (χ0n) is 10.3. The Kier molecular flexibility index (Phi) is 5.94. The van der Waals surface area contributed by atoms with E-state index in [0.29, 0.717) is 24.6 Å². The van der Waals surface area contributed by atoms with Crippen LogP contribution in [-0.4, -0.2) is 52.6 Å². The molecule has 0 saturated carbocycles. The molecule has 1 saturated heterocycles. The molecule has 98 valence electrons. The fourth-order valence-corrected chi connectivity index (χ4v) is 2.31. The predicted molar refractivity (Wildman–Crippen MR) is 67.9 cm³/mol. The third-order valence-electron chi connectivity index (χ3n) is 2.39. The SMILES string of the molecule is CC(C)CNCC(O)CN1C(=O)CCSC1=O. The Morgan fingerprint density at radius 1 is 1.41 bits per heavy atom. The van der Waals surface area contributed by atoms with Gasteiger partial charge in [-0.1, -0.05) is 25.6 Å². The van der Waals surface area contributed by atoms with Crippen LogP contribution in [0.4, 0.5) is 4.79 Å². The molecule has 0 bridgehead atoms. The average Bonchev–Trinajstić information content (AvgIpc) is 2.23. The second-order valence-electron chi connectivity index (χ2n) is 4.57. The van der Waals surface area contributed by atoms with E-state index in [9.17, 15) is 14.7 Å². The number of carbonyl (C=O) groups excluding carboxylic acids is 2. The third-order valence-corrected chi connectivity index (χ3v) is 3.26. The summed E-state index contributed by atoms with van der Waals surface area (Å²) in [6, 6.07) is 0. The van der Waals surface area contributed by atoms with Crippen molar-refractivity contribution in [2.75, 3.05) is 25.4 Å². The van der Waals surface area contributed by atoms with Gasteiger partial charge in [0.05, 0.1) is 12.6 Å². The van der Waals surface area contributed by atoms with Gasteiger partial charge in [0, 0.05) is 18.7 Å². The minimum absolute atomic E-state index is 0.0930. The second kappa shape index (κ2) is 6.98. The Hall–Kier alpha value is -0.590. The van der Waals surface area contributed by atoms with Gasteiger partial charge < -0.3 is 10.4 Å². The van der Waals surface area contributed by atoms with E-state index in [1.807, 2.05) is 0 Å². The molecule has 1 aliphatic heterocycles. The lowest BCUT2D eigenvalue weighted by molar-refractivity contribution is -0.128. The van der Waals surface area contributed by atoms with Crippen molar-refractivity contribution in [2.45, 2.75) is 26.4 Å². The lowest BCUT2D eigenvalue weighted by Gasteiger charge is -2.26. The van der Waals surface area contributed by atoms with Gasteiger partial charge in [0.1, 0.15) is 0 Å². The first-order valence-electron chi connectivity index (χ1n) is 5.86. The molecule has 0 aromatic heterocycles. The average molecular weight is 260 g/mol. The summed E-state index contributed by atoms with van der Waals surface area (Å²) in [6.07, 6.45) is -0.317. The van der Waals surface area contributed by atoms with Crippen LogP contribution in [0.5, 0.6) is 0 Å². The summed E-state index contributed by atoms with van der Waals surface area (Å²) in [6.45, 7) is 5.46. The topological polar surface area (TPSA) is 69.6 Å². The lowest BCUT2D eigenvalue weighted by Crippen LogP contribution is -2.45. The van der Waals surface area contributed by atoms with Crippen LogP contribution in [0.25, 0.3) is 0 Å². The highest BCUT2D eigenvalue weighted by molar-refractivity contribution is 8.13. The van der Waals surface area contributed by atoms with Crippen LogP contribution in [0.2, 0.25) is 0 Å². The highest BCUT2D eigenvalue weighted by Gasteiger charge is 2.28. The number of nitrogens with zero attached hydrogens (tertiary/aromatic N) is 1. The fourth-order valence-electron chi connectivity index (χ4n) is 1.53. The number of aliphatic hydroxyl groups is 1. The van der Waals surface area contributed by atoms with E-state index in [1.165, 1.54) is 0 Å². The predicted octanol–water partition coefficient (Wildman–Crippen LogP) is 0.678. The van der Waals surface area contributed by atoms with Gasteiger partial charge in [-0.3, -0.25) is 14.5 Å². The molecule has 2 N–H and O–H groups in total. The molecular weight excluding hydrogens is 240 g/mol. The number of imide groups is 1. The largest absolute Gasteiger partial charge is 0.390 e. The summed E-state index contributed by atoms with van der Waals surface area (Å²) in [7, 11) is 0. The van der Waals surface area contributed by atoms with Gasteiger partial charge >= 0.3 is 0 Å². The van der Waals surface area contributed by atoms with Crippen LogP contribution in [0, 0.1) is 5.92 Å². The number of thioether (sulfide) groups is 1. The standard InChI is InChI=1S/C11H20N2O3S/c1-8(2)5-12-6-9(14)7-13-10(15)3-4-17-11(13)16/h8-9,12,14H,3-7H2,1-2H3.